The van der Waals surface area contributed by atoms with E-state index in [0.29, 0.717) is 11.3 Å². The minimum absolute atomic E-state index is 0.222. The van der Waals surface area contributed by atoms with Crippen LogP contribution in [0.2, 0.25) is 0 Å². The van der Waals surface area contributed by atoms with Crippen LogP contribution >= 0.6 is 0 Å². The highest BCUT2D eigenvalue weighted by atomic mass is 16.3. The SMILES string of the molecule is C/C1=C/C2=C(CC(C)(C)C2)[C@H](C)CC[C@@H]1O. The van der Waals surface area contributed by atoms with Crippen molar-refractivity contribution in [3.05, 3.63) is 22.8 Å². The maximum atomic E-state index is 9.96. The standard InChI is InChI=1S/C15H24O/c1-10-5-6-14(16)11(2)7-12-8-15(3,4)9-13(10)12/h7,10,14,16H,5-6,8-9H2,1-4H3/b11-7-/t10-,14+/m1/s1. The highest BCUT2D eigenvalue weighted by Gasteiger charge is 2.33. The van der Waals surface area contributed by atoms with Crippen molar-refractivity contribution in [3.63, 3.8) is 0 Å². The zero-order valence-corrected chi connectivity index (χ0v) is 11.0. The van der Waals surface area contributed by atoms with Gasteiger partial charge in [0.2, 0.25) is 0 Å². The molecule has 2 aliphatic rings. The van der Waals surface area contributed by atoms with Gasteiger partial charge in [0.15, 0.2) is 0 Å². The molecular weight excluding hydrogens is 196 g/mol. The molecule has 2 rings (SSSR count). The second kappa shape index (κ2) is 4.03. The van der Waals surface area contributed by atoms with Crippen molar-refractivity contribution in [3.8, 4) is 0 Å². The molecule has 0 heterocycles. The fourth-order valence-electron chi connectivity index (χ4n) is 3.14. The van der Waals surface area contributed by atoms with Crippen LogP contribution in [-0.4, -0.2) is 11.2 Å². The Morgan fingerprint density at radius 1 is 1.25 bits per heavy atom. The van der Waals surface area contributed by atoms with Crippen LogP contribution in [0.3, 0.4) is 0 Å². The molecule has 0 saturated carbocycles. The molecule has 0 radical (unpaired) electrons. The van der Waals surface area contributed by atoms with E-state index in [0.717, 1.165) is 18.4 Å². The molecule has 0 bridgehead atoms. The van der Waals surface area contributed by atoms with Gasteiger partial charge in [-0.25, -0.2) is 0 Å². The van der Waals surface area contributed by atoms with Crippen LogP contribution in [-0.2, 0) is 0 Å². The van der Waals surface area contributed by atoms with Crippen molar-refractivity contribution < 1.29 is 5.11 Å². The summed E-state index contributed by atoms with van der Waals surface area (Å²) in [5.74, 6) is 0.649. The molecule has 0 saturated heterocycles. The number of aliphatic hydroxyl groups is 1. The van der Waals surface area contributed by atoms with E-state index in [4.69, 9.17) is 0 Å². The van der Waals surface area contributed by atoms with Gasteiger partial charge in [0, 0.05) is 0 Å². The smallest absolute Gasteiger partial charge is 0.0750 e. The van der Waals surface area contributed by atoms with Gasteiger partial charge in [0.05, 0.1) is 6.10 Å². The third-order valence-corrected chi connectivity index (χ3v) is 4.15. The van der Waals surface area contributed by atoms with Crippen molar-refractivity contribution in [1.29, 1.82) is 0 Å². The normalized spacial score (nSPS) is 37.4. The van der Waals surface area contributed by atoms with E-state index < -0.39 is 0 Å². The van der Waals surface area contributed by atoms with Crippen LogP contribution in [0.25, 0.3) is 0 Å². The highest BCUT2D eigenvalue weighted by Crippen LogP contribution is 2.46. The average molecular weight is 220 g/mol. The van der Waals surface area contributed by atoms with Crippen LogP contribution in [0.5, 0.6) is 0 Å². The lowest BCUT2D eigenvalue weighted by Gasteiger charge is -2.22. The van der Waals surface area contributed by atoms with Crippen LogP contribution in [0.15, 0.2) is 22.8 Å². The van der Waals surface area contributed by atoms with Crippen LogP contribution in [0.4, 0.5) is 0 Å². The molecule has 1 nitrogen and oxygen atoms in total. The Morgan fingerprint density at radius 2 is 1.94 bits per heavy atom. The van der Waals surface area contributed by atoms with Crippen molar-refractivity contribution in [2.75, 3.05) is 0 Å². The third kappa shape index (κ3) is 2.24. The Balaban J connectivity index is 2.35. The number of hydrogen-bond donors (Lipinski definition) is 1. The molecule has 1 N–H and O–H groups in total. The number of aliphatic hydroxyl groups excluding tert-OH is 1. The van der Waals surface area contributed by atoms with Gasteiger partial charge in [-0.1, -0.05) is 32.4 Å². The maximum Gasteiger partial charge on any atom is 0.0750 e. The summed E-state index contributed by atoms with van der Waals surface area (Å²) in [5.41, 5.74) is 4.73. The Hall–Kier alpha value is -0.560. The summed E-state index contributed by atoms with van der Waals surface area (Å²) in [4.78, 5) is 0. The summed E-state index contributed by atoms with van der Waals surface area (Å²) in [5, 5.41) is 9.96. The van der Waals surface area contributed by atoms with E-state index in [2.05, 4.69) is 33.8 Å². The zero-order chi connectivity index (χ0) is 11.9. The molecule has 0 aromatic carbocycles. The molecule has 0 aromatic rings. The molecule has 0 spiro atoms. The lowest BCUT2D eigenvalue weighted by atomic mass is 9.85. The maximum absolute atomic E-state index is 9.96. The van der Waals surface area contributed by atoms with E-state index >= 15 is 0 Å². The first-order valence-corrected chi connectivity index (χ1v) is 6.47. The minimum Gasteiger partial charge on any atom is -0.389 e. The first-order valence-electron chi connectivity index (χ1n) is 6.47. The first-order chi connectivity index (χ1) is 7.39. The van der Waals surface area contributed by atoms with Crippen LogP contribution in [0, 0.1) is 11.3 Å². The molecule has 2 aliphatic carbocycles. The van der Waals surface area contributed by atoms with Gasteiger partial charge in [-0.05, 0) is 55.1 Å². The van der Waals surface area contributed by atoms with Gasteiger partial charge in [-0.2, -0.15) is 0 Å². The molecule has 0 fully saturated rings. The average Bonchev–Trinajstić information content (AvgIpc) is 2.48. The summed E-state index contributed by atoms with van der Waals surface area (Å²) in [6.07, 6.45) is 6.49. The molecule has 16 heavy (non-hydrogen) atoms. The van der Waals surface area contributed by atoms with E-state index in [-0.39, 0.29) is 6.10 Å². The van der Waals surface area contributed by atoms with Crippen LogP contribution < -0.4 is 0 Å². The first kappa shape index (κ1) is 11.9. The largest absolute Gasteiger partial charge is 0.389 e. The van der Waals surface area contributed by atoms with Crippen molar-refractivity contribution in [2.45, 2.75) is 59.5 Å². The number of allylic oxidation sites excluding steroid dienone is 3. The van der Waals surface area contributed by atoms with E-state index in [1.54, 1.807) is 5.57 Å². The van der Waals surface area contributed by atoms with Gasteiger partial charge in [-0.3, -0.25) is 0 Å². The Morgan fingerprint density at radius 3 is 2.62 bits per heavy atom. The summed E-state index contributed by atoms with van der Waals surface area (Å²) in [6.45, 7) is 9.09. The molecule has 0 aliphatic heterocycles. The fourth-order valence-corrected chi connectivity index (χ4v) is 3.14. The Bertz CT molecular complexity index is 346. The second-order valence-corrected chi connectivity index (χ2v) is 6.45. The Kier molecular flexibility index (Phi) is 3.00. The van der Waals surface area contributed by atoms with E-state index in [9.17, 15) is 5.11 Å². The van der Waals surface area contributed by atoms with Gasteiger partial charge >= 0.3 is 0 Å². The van der Waals surface area contributed by atoms with Gasteiger partial charge in [0.1, 0.15) is 0 Å². The number of rotatable bonds is 0. The lowest BCUT2D eigenvalue weighted by molar-refractivity contribution is 0.191. The quantitative estimate of drug-likeness (QED) is 0.657. The highest BCUT2D eigenvalue weighted by molar-refractivity contribution is 5.37. The second-order valence-electron chi connectivity index (χ2n) is 6.45. The molecule has 0 amide bonds. The van der Waals surface area contributed by atoms with Crippen molar-refractivity contribution in [2.24, 2.45) is 11.3 Å². The molecule has 1 heteroatoms. The van der Waals surface area contributed by atoms with Crippen molar-refractivity contribution >= 4 is 0 Å². The zero-order valence-electron chi connectivity index (χ0n) is 11.0. The lowest BCUT2D eigenvalue weighted by Crippen LogP contribution is -2.14. The van der Waals surface area contributed by atoms with E-state index in [1.165, 1.54) is 18.4 Å². The molecule has 0 unspecified atom stereocenters. The molecular formula is C15H24O. The minimum atomic E-state index is -0.222. The molecule has 90 valence electrons. The van der Waals surface area contributed by atoms with Gasteiger partial charge < -0.3 is 5.11 Å². The molecule has 2 atom stereocenters. The van der Waals surface area contributed by atoms with E-state index in [1.807, 2.05) is 0 Å². The predicted molar refractivity (Wildman–Crippen MR) is 68.2 cm³/mol. The summed E-state index contributed by atoms with van der Waals surface area (Å²) in [6, 6.07) is 0. The van der Waals surface area contributed by atoms with Gasteiger partial charge in [0.25, 0.3) is 0 Å². The Labute approximate surface area is 99.3 Å². The topological polar surface area (TPSA) is 20.2 Å². The van der Waals surface area contributed by atoms with Crippen molar-refractivity contribution in [1.82, 2.24) is 0 Å². The third-order valence-electron chi connectivity index (χ3n) is 4.15. The van der Waals surface area contributed by atoms with Gasteiger partial charge in [-0.15, -0.1) is 0 Å². The predicted octanol–water partition coefficient (Wildman–Crippen LogP) is 3.84. The fraction of sp³-hybridized carbons (Fsp3) is 0.733. The summed E-state index contributed by atoms with van der Waals surface area (Å²) in [7, 11) is 0. The monoisotopic (exact) mass is 220 g/mol. The van der Waals surface area contributed by atoms with Crippen LogP contribution in [0.1, 0.15) is 53.4 Å². The summed E-state index contributed by atoms with van der Waals surface area (Å²) < 4.78 is 0. The molecule has 0 aromatic heterocycles. The summed E-state index contributed by atoms with van der Waals surface area (Å²) >= 11 is 0. The number of hydrogen-bond acceptors (Lipinski definition) is 1.